The van der Waals surface area contributed by atoms with Crippen molar-refractivity contribution in [2.45, 2.75) is 12.5 Å². The van der Waals surface area contributed by atoms with Gasteiger partial charge in [0.15, 0.2) is 0 Å². The van der Waals surface area contributed by atoms with E-state index in [-0.39, 0.29) is 5.56 Å². The van der Waals surface area contributed by atoms with Gasteiger partial charge in [0.2, 0.25) is 10.0 Å². The van der Waals surface area contributed by atoms with Gasteiger partial charge in [0.05, 0.1) is 17.5 Å². The Balaban J connectivity index is 1.79. The lowest BCUT2D eigenvalue weighted by Crippen LogP contribution is -2.25. The Hall–Kier alpha value is -2.94. The lowest BCUT2D eigenvalue weighted by Gasteiger charge is -2.19. The number of aromatic nitrogens is 1. The summed E-state index contributed by atoms with van der Waals surface area (Å²) in [6, 6.07) is 18.1. The average molecular weight is 484 g/mol. The van der Waals surface area contributed by atoms with Crippen molar-refractivity contribution in [3.63, 3.8) is 0 Å². The minimum absolute atomic E-state index is 0.294. The Kier molecular flexibility index (Phi) is 5.16. The second-order valence-corrected chi connectivity index (χ2v) is 10.8. The van der Waals surface area contributed by atoms with Crippen LogP contribution in [0.2, 0.25) is 5.02 Å². The number of thiophene rings is 1. The Labute approximate surface area is 193 Å². The molecule has 4 aromatic rings. The minimum Gasteiger partial charge on any atom is -0.321 e. The number of H-pyrrole nitrogens is 1. The Morgan fingerprint density at radius 3 is 2.56 bits per heavy atom. The molecule has 1 aliphatic heterocycles. The van der Waals surface area contributed by atoms with Gasteiger partial charge in [0, 0.05) is 32.8 Å². The molecule has 0 saturated heterocycles. The zero-order valence-electron chi connectivity index (χ0n) is 16.9. The first-order chi connectivity index (χ1) is 15.3. The van der Waals surface area contributed by atoms with Gasteiger partial charge >= 0.3 is 0 Å². The molecule has 0 bridgehead atoms. The van der Waals surface area contributed by atoms with Crippen molar-refractivity contribution in [3.05, 3.63) is 91.9 Å². The number of hydrogen-bond acceptors (Lipinski definition) is 5. The van der Waals surface area contributed by atoms with Gasteiger partial charge < -0.3 is 4.98 Å². The van der Waals surface area contributed by atoms with Crippen LogP contribution in [0.15, 0.2) is 75.9 Å². The SMILES string of the molecule is CS(=O)(=O)N1N=C(c2c(-c3ccccc3)c3cc(Cl)ccc3[nH]c2=O)C[C@H]1c1cccs1. The number of fused-ring (bicyclic) bond motifs is 1. The third-order valence-corrected chi connectivity index (χ3v) is 7.64. The van der Waals surface area contributed by atoms with Crippen LogP contribution in [0.3, 0.4) is 0 Å². The largest absolute Gasteiger partial charge is 0.321 e. The molecule has 0 radical (unpaired) electrons. The zero-order valence-corrected chi connectivity index (χ0v) is 19.3. The van der Waals surface area contributed by atoms with E-state index < -0.39 is 16.1 Å². The van der Waals surface area contributed by atoms with Crippen LogP contribution in [0.4, 0.5) is 0 Å². The number of rotatable bonds is 4. The van der Waals surface area contributed by atoms with E-state index >= 15 is 0 Å². The number of sulfonamides is 1. The van der Waals surface area contributed by atoms with Crippen LogP contribution in [0.5, 0.6) is 0 Å². The molecule has 32 heavy (non-hydrogen) atoms. The molecule has 9 heteroatoms. The molecule has 0 saturated carbocycles. The molecule has 162 valence electrons. The fourth-order valence-corrected chi connectivity index (χ4v) is 6.03. The van der Waals surface area contributed by atoms with Crippen LogP contribution in [0.1, 0.15) is 22.9 Å². The molecule has 0 fully saturated rings. The minimum atomic E-state index is -3.64. The van der Waals surface area contributed by atoms with Crippen molar-refractivity contribution in [3.8, 4) is 11.1 Å². The molecule has 0 unspecified atom stereocenters. The summed E-state index contributed by atoms with van der Waals surface area (Å²) >= 11 is 7.76. The maximum Gasteiger partial charge on any atom is 0.258 e. The normalized spacial score (nSPS) is 16.5. The Morgan fingerprint density at radius 2 is 1.88 bits per heavy atom. The number of aromatic amines is 1. The molecule has 1 N–H and O–H groups in total. The molecule has 3 heterocycles. The summed E-state index contributed by atoms with van der Waals surface area (Å²) in [5, 5.41) is 7.66. The highest BCUT2D eigenvalue weighted by atomic mass is 35.5. The summed E-state index contributed by atoms with van der Waals surface area (Å²) < 4.78 is 26.2. The van der Waals surface area contributed by atoms with Crippen LogP contribution >= 0.6 is 22.9 Å². The van der Waals surface area contributed by atoms with Crippen molar-refractivity contribution in [2.75, 3.05) is 6.26 Å². The first-order valence-corrected chi connectivity index (χ1v) is 12.9. The zero-order chi connectivity index (χ0) is 22.5. The van der Waals surface area contributed by atoms with E-state index in [1.807, 2.05) is 47.8 Å². The van der Waals surface area contributed by atoms with Gasteiger partial charge in [-0.1, -0.05) is 48.0 Å². The van der Waals surface area contributed by atoms with Gasteiger partial charge in [0.25, 0.3) is 5.56 Å². The molecular formula is C23H18ClN3O3S2. The fraction of sp³-hybridized carbons (Fsp3) is 0.130. The van der Waals surface area contributed by atoms with Gasteiger partial charge in [-0.3, -0.25) is 4.79 Å². The van der Waals surface area contributed by atoms with Crippen LogP contribution in [0.25, 0.3) is 22.0 Å². The fourth-order valence-electron chi connectivity index (χ4n) is 4.08. The van der Waals surface area contributed by atoms with Gasteiger partial charge in [0.1, 0.15) is 6.04 Å². The van der Waals surface area contributed by atoms with E-state index in [4.69, 9.17) is 11.6 Å². The van der Waals surface area contributed by atoms with Gasteiger partial charge in [-0.15, -0.1) is 11.3 Å². The second-order valence-electron chi connectivity index (χ2n) is 7.58. The van der Waals surface area contributed by atoms with E-state index in [0.717, 1.165) is 26.5 Å². The third kappa shape index (κ3) is 3.64. The van der Waals surface area contributed by atoms with Crippen molar-refractivity contribution >= 4 is 49.6 Å². The lowest BCUT2D eigenvalue weighted by molar-refractivity contribution is 0.379. The van der Waals surface area contributed by atoms with Crippen LogP contribution in [-0.4, -0.2) is 29.8 Å². The highest BCUT2D eigenvalue weighted by molar-refractivity contribution is 7.88. The second kappa shape index (κ2) is 7.88. The number of pyridine rings is 1. The van der Waals surface area contributed by atoms with Gasteiger partial charge in [-0.05, 0) is 35.2 Å². The van der Waals surface area contributed by atoms with E-state index in [1.54, 1.807) is 18.2 Å². The van der Waals surface area contributed by atoms with Gasteiger partial charge in [-0.25, -0.2) is 8.42 Å². The predicted molar refractivity (Wildman–Crippen MR) is 130 cm³/mol. The molecule has 1 aliphatic rings. The average Bonchev–Trinajstić information content (AvgIpc) is 3.43. The summed E-state index contributed by atoms with van der Waals surface area (Å²) in [6.45, 7) is 0. The summed E-state index contributed by atoms with van der Waals surface area (Å²) in [5.41, 5.74) is 2.63. The number of hydrogen-bond donors (Lipinski definition) is 1. The standard InChI is InChI=1S/C23H18ClN3O3S2/c1-32(29,30)27-19(20-8-5-11-31-20)13-18(26-27)22-21(14-6-3-2-4-7-14)16-12-15(24)9-10-17(16)25-23(22)28/h2-12,19H,13H2,1H3,(H,25,28)/t19-/m0/s1. The number of hydrazone groups is 1. The molecule has 0 aliphatic carbocycles. The first-order valence-electron chi connectivity index (χ1n) is 9.84. The van der Waals surface area contributed by atoms with Gasteiger partial charge in [-0.2, -0.15) is 9.52 Å². The molecule has 0 amide bonds. The molecule has 0 spiro atoms. The number of benzene rings is 2. The topological polar surface area (TPSA) is 82.6 Å². The van der Waals surface area contributed by atoms with Crippen LogP contribution in [-0.2, 0) is 10.0 Å². The van der Waals surface area contributed by atoms with Crippen LogP contribution in [0, 0.1) is 0 Å². The summed E-state index contributed by atoms with van der Waals surface area (Å²) in [7, 11) is -3.64. The number of halogens is 1. The first kappa shape index (κ1) is 20.9. The van der Waals surface area contributed by atoms with Crippen molar-refractivity contribution in [2.24, 2.45) is 5.10 Å². The quantitative estimate of drug-likeness (QED) is 0.442. The van der Waals surface area contributed by atoms with E-state index in [0.29, 0.717) is 33.8 Å². The monoisotopic (exact) mass is 483 g/mol. The number of nitrogens with zero attached hydrogens (tertiary/aromatic N) is 2. The molecule has 2 aromatic heterocycles. The highest BCUT2D eigenvalue weighted by Crippen LogP contribution is 2.39. The Morgan fingerprint density at radius 1 is 1.09 bits per heavy atom. The molecular weight excluding hydrogens is 466 g/mol. The smallest absolute Gasteiger partial charge is 0.258 e. The van der Waals surface area contributed by atoms with E-state index in [2.05, 4.69) is 10.1 Å². The van der Waals surface area contributed by atoms with E-state index in [9.17, 15) is 13.2 Å². The molecule has 1 atom stereocenters. The van der Waals surface area contributed by atoms with Crippen molar-refractivity contribution in [1.82, 2.24) is 9.40 Å². The summed E-state index contributed by atoms with van der Waals surface area (Å²) in [4.78, 5) is 17.1. The lowest BCUT2D eigenvalue weighted by atomic mass is 9.92. The van der Waals surface area contributed by atoms with Crippen molar-refractivity contribution < 1.29 is 8.42 Å². The number of nitrogens with one attached hydrogen (secondary N) is 1. The predicted octanol–water partition coefficient (Wildman–Crippen LogP) is 5.02. The third-order valence-electron chi connectivity index (χ3n) is 5.41. The summed E-state index contributed by atoms with van der Waals surface area (Å²) in [6.07, 6.45) is 1.42. The molecule has 5 rings (SSSR count). The maximum absolute atomic E-state index is 13.3. The molecule has 2 aromatic carbocycles. The molecule has 6 nitrogen and oxygen atoms in total. The summed E-state index contributed by atoms with van der Waals surface area (Å²) in [5.74, 6) is 0. The van der Waals surface area contributed by atoms with Crippen molar-refractivity contribution in [1.29, 1.82) is 0 Å². The maximum atomic E-state index is 13.3. The van der Waals surface area contributed by atoms with E-state index in [1.165, 1.54) is 11.3 Å². The highest BCUT2D eigenvalue weighted by Gasteiger charge is 2.37. The Bertz CT molecular complexity index is 1510. The van der Waals surface area contributed by atoms with Crippen LogP contribution < -0.4 is 5.56 Å².